The smallest absolute Gasteiger partial charge is 0.327 e. The molecule has 1 aliphatic heterocycles. The van der Waals surface area contributed by atoms with E-state index >= 15 is 0 Å². The number of nitrogens with zero attached hydrogens (tertiary/aromatic N) is 1. The van der Waals surface area contributed by atoms with Gasteiger partial charge in [0.2, 0.25) is 0 Å². The van der Waals surface area contributed by atoms with Crippen LogP contribution in [0.25, 0.3) is 0 Å². The molecule has 2 atom stereocenters. The van der Waals surface area contributed by atoms with Crippen molar-refractivity contribution < 1.29 is 17.9 Å². The Labute approximate surface area is 121 Å². The molecular formula is C13H26N2O4S. The molecule has 1 fully saturated rings. The van der Waals surface area contributed by atoms with Crippen LogP contribution in [0.3, 0.4) is 0 Å². The predicted octanol–water partition coefficient (Wildman–Crippen LogP) is 0.0366. The first kappa shape index (κ1) is 17.4. The van der Waals surface area contributed by atoms with Crippen LogP contribution in [-0.4, -0.2) is 69.6 Å². The number of rotatable bonds is 7. The predicted molar refractivity (Wildman–Crippen MR) is 78.4 cm³/mol. The summed E-state index contributed by atoms with van der Waals surface area (Å²) >= 11 is 0. The number of likely N-dealkylation sites (N-methyl/N-ethyl adjacent to an activating group) is 1. The highest BCUT2D eigenvalue weighted by Gasteiger charge is 2.38. The highest BCUT2D eigenvalue weighted by molar-refractivity contribution is 7.91. The Bertz CT molecular complexity index is 438. The molecule has 0 amide bonds. The maximum absolute atomic E-state index is 12.0. The van der Waals surface area contributed by atoms with Crippen molar-refractivity contribution in [1.29, 1.82) is 0 Å². The molecule has 1 aliphatic rings. The van der Waals surface area contributed by atoms with Crippen LogP contribution in [0.5, 0.6) is 0 Å². The zero-order valence-electron chi connectivity index (χ0n) is 12.8. The van der Waals surface area contributed by atoms with E-state index in [1.54, 1.807) is 6.92 Å². The van der Waals surface area contributed by atoms with E-state index in [0.717, 1.165) is 6.42 Å². The van der Waals surface area contributed by atoms with E-state index in [0.29, 0.717) is 19.5 Å². The summed E-state index contributed by atoms with van der Waals surface area (Å²) in [7, 11) is 0.314. The molecule has 20 heavy (non-hydrogen) atoms. The fraction of sp³-hybridized carbons (Fsp3) is 0.923. The van der Waals surface area contributed by atoms with Gasteiger partial charge in [0.25, 0.3) is 0 Å². The first-order valence-corrected chi connectivity index (χ1v) is 8.80. The van der Waals surface area contributed by atoms with Crippen LogP contribution in [0.1, 0.15) is 26.7 Å². The molecule has 7 heteroatoms. The van der Waals surface area contributed by atoms with Crippen molar-refractivity contribution in [3.63, 3.8) is 0 Å². The highest BCUT2D eigenvalue weighted by atomic mass is 32.2. The van der Waals surface area contributed by atoms with E-state index < -0.39 is 15.4 Å². The zero-order chi connectivity index (χ0) is 15.4. The van der Waals surface area contributed by atoms with Gasteiger partial charge in [0.1, 0.15) is 5.54 Å². The largest absolute Gasteiger partial charge is 0.468 e. The van der Waals surface area contributed by atoms with Crippen LogP contribution < -0.4 is 5.32 Å². The molecule has 1 N–H and O–H groups in total. The minimum atomic E-state index is -2.92. The Morgan fingerprint density at radius 2 is 2.15 bits per heavy atom. The molecule has 0 saturated carbocycles. The standard InChI is InChI=1S/C13H26N2O4S/c1-5-7-14-13(2,12(16)19-4)10-15(3)11-6-8-20(17,18)9-11/h11,14H,5-10H2,1-4H3. The van der Waals surface area contributed by atoms with Crippen LogP contribution in [-0.2, 0) is 19.4 Å². The van der Waals surface area contributed by atoms with Gasteiger partial charge < -0.3 is 10.1 Å². The third-order valence-corrected chi connectivity index (χ3v) is 5.55. The van der Waals surface area contributed by atoms with E-state index in [-0.39, 0.29) is 23.5 Å². The maximum Gasteiger partial charge on any atom is 0.327 e. The lowest BCUT2D eigenvalue weighted by atomic mass is 10.0. The topological polar surface area (TPSA) is 75.7 Å². The number of hydrogen-bond donors (Lipinski definition) is 1. The summed E-state index contributed by atoms with van der Waals surface area (Å²) in [6.07, 6.45) is 1.54. The number of methoxy groups -OCH3 is 1. The van der Waals surface area contributed by atoms with E-state index in [9.17, 15) is 13.2 Å². The maximum atomic E-state index is 12.0. The second-order valence-corrected chi connectivity index (χ2v) is 7.95. The number of carbonyl (C=O) groups is 1. The third-order valence-electron chi connectivity index (χ3n) is 3.80. The van der Waals surface area contributed by atoms with Crippen LogP contribution in [0, 0.1) is 0 Å². The molecule has 0 spiro atoms. The molecule has 1 saturated heterocycles. The summed E-state index contributed by atoms with van der Waals surface area (Å²) in [5.74, 6) is 0.0899. The monoisotopic (exact) mass is 306 g/mol. The van der Waals surface area contributed by atoms with Crippen molar-refractivity contribution in [2.75, 3.05) is 38.8 Å². The average molecular weight is 306 g/mol. The molecule has 2 unspecified atom stereocenters. The van der Waals surface area contributed by atoms with E-state index in [2.05, 4.69) is 5.32 Å². The summed E-state index contributed by atoms with van der Waals surface area (Å²) in [5.41, 5.74) is -0.814. The van der Waals surface area contributed by atoms with Gasteiger partial charge in [0.05, 0.1) is 18.6 Å². The van der Waals surface area contributed by atoms with Crippen molar-refractivity contribution in [1.82, 2.24) is 10.2 Å². The molecule has 118 valence electrons. The number of hydrogen-bond acceptors (Lipinski definition) is 6. The number of ether oxygens (including phenoxy) is 1. The highest BCUT2D eigenvalue weighted by Crippen LogP contribution is 2.19. The molecule has 0 aromatic rings. The first-order chi connectivity index (χ1) is 9.24. The van der Waals surface area contributed by atoms with Gasteiger partial charge in [-0.05, 0) is 33.4 Å². The van der Waals surface area contributed by atoms with Crippen LogP contribution in [0.2, 0.25) is 0 Å². The summed E-state index contributed by atoms with van der Waals surface area (Å²) in [5, 5.41) is 3.21. The Morgan fingerprint density at radius 3 is 2.60 bits per heavy atom. The molecule has 0 bridgehead atoms. The van der Waals surface area contributed by atoms with Crippen molar-refractivity contribution in [2.45, 2.75) is 38.3 Å². The van der Waals surface area contributed by atoms with E-state index in [4.69, 9.17) is 4.74 Å². The number of nitrogens with one attached hydrogen (secondary N) is 1. The minimum Gasteiger partial charge on any atom is -0.468 e. The molecule has 0 aliphatic carbocycles. The van der Waals surface area contributed by atoms with Gasteiger partial charge in [0.15, 0.2) is 9.84 Å². The lowest BCUT2D eigenvalue weighted by Gasteiger charge is -2.34. The van der Waals surface area contributed by atoms with Gasteiger partial charge in [0, 0.05) is 12.6 Å². The first-order valence-electron chi connectivity index (χ1n) is 6.98. The quantitative estimate of drug-likeness (QED) is 0.669. The molecule has 1 heterocycles. The van der Waals surface area contributed by atoms with Crippen LogP contribution in [0.15, 0.2) is 0 Å². The number of esters is 1. The molecule has 0 radical (unpaired) electrons. The Hall–Kier alpha value is -0.660. The van der Waals surface area contributed by atoms with Crippen molar-refractivity contribution >= 4 is 15.8 Å². The van der Waals surface area contributed by atoms with Crippen molar-refractivity contribution in [3.05, 3.63) is 0 Å². The summed E-state index contributed by atoms with van der Waals surface area (Å²) in [4.78, 5) is 13.9. The van der Waals surface area contributed by atoms with Gasteiger partial charge in [-0.25, -0.2) is 8.42 Å². The zero-order valence-corrected chi connectivity index (χ0v) is 13.6. The van der Waals surface area contributed by atoms with Gasteiger partial charge in [-0.1, -0.05) is 6.92 Å². The molecule has 0 aromatic heterocycles. The Kier molecular flexibility index (Phi) is 5.97. The fourth-order valence-electron chi connectivity index (χ4n) is 2.57. The van der Waals surface area contributed by atoms with Crippen LogP contribution >= 0.6 is 0 Å². The molecular weight excluding hydrogens is 280 g/mol. The SMILES string of the molecule is CCCNC(C)(CN(C)C1CCS(=O)(=O)C1)C(=O)OC. The van der Waals surface area contributed by atoms with Crippen molar-refractivity contribution in [3.8, 4) is 0 Å². The normalized spacial score (nSPS) is 24.6. The summed E-state index contributed by atoms with van der Waals surface area (Å²) in [6, 6.07) is -0.0209. The summed E-state index contributed by atoms with van der Waals surface area (Å²) < 4.78 is 27.9. The van der Waals surface area contributed by atoms with Crippen molar-refractivity contribution in [2.24, 2.45) is 0 Å². The Morgan fingerprint density at radius 1 is 1.50 bits per heavy atom. The molecule has 1 rings (SSSR count). The lowest BCUT2D eigenvalue weighted by Crippen LogP contribution is -2.58. The summed E-state index contributed by atoms with van der Waals surface area (Å²) in [6.45, 7) is 4.97. The second-order valence-electron chi connectivity index (χ2n) is 5.72. The van der Waals surface area contributed by atoms with Crippen LogP contribution in [0.4, 0.5) is 0 Å². The minimum absolute atomic E-state index is 0.0209. The van der Waals surface area contributed by atoms with Gasteiger partial charge in [-0.2, -0.15) is 0 Å². The average Bonchev–Trinajstić information content (AvgIpc) is 2.75. The third kappa shape index (κ3) is 4.43. The van der Waals surface area contributed by atoms with E-state index in [1.807, 2.05) is 18.9 Å². The fourth-order valence-corrected chi connectivity index (χ4v) is 4.37. The lowest BCUT2D eigenvalue weighted by molar-refractivity contribution is -0.148. The van der Waals surface area contributed by atoms with Gasteiger partial charge in [-0.15, -0.1) is 0 Å². The van der Waals surface area contributed by atoms with Gasteiger partial charge in [-0.3, -0.25) is 9.69 Å². The second kappa shape index (κ2) is 6.87. The number of carbonyl (C=O) groups excluding carboxylic acids is 1. The number of sulfone groups is 1. The molecule has 6 nitrogen and oxygen atoms in total. The Balaban J connectivity index is 2.72. The van der Waals surface area contributed by atoms with Gasteiger partial charge >= 0.3 is 5.97 Å². The molecule has 0 aromatic carbocycles. The van der Waals surface area contributed by atoms with E-state index in [1.165, 1.54) is 7.11 Å².